The fourth-order valence-corrected chi connectivity index (χ4v) is 4.31. The first kappa shape index (κ1) is 26.7. The molecule has 4 aromatic carbocycles. The third-order valence-electron chi connectivity index (χ3n) is 6.25. The molecular formula is C33H38N2O. The molecule has 3 nitrogen and oxygen atoms in total. The Morgan fingerprint density at radius 1 is 0.778 bits per heavy atom. The fourth-order valence-electron chi connectivity index (χ4n) is 4.31. The Morgan fingerprint density at radius 3 is 1.61 bits per heavy atom. The number of hydrogen-bond donors (Lipinski definition) is 2. The summed E-state index contributed by atoms with van der Waals surface area (Å²) in [6.07, 6.45) is 1.05. The molecule has 0 radical (unpaired) electrons. The zero-order valence-electron chi connectivity index (χ0n) is 22.1. The lowest BCUT2D eigenvalue weighted by molar-refractivity contribution is 0.217. The van der Waals surface area contributed by atoms with Crippen molar-refractivity contribution < 1.29 is 4.74 Å². The molecule has 2 N–H and O–H groups in total. The zero-order chi connectivity index (χ0) is 26.0. The van der Waals surface area contributed by atoms with Gasteiger partial charge in [-0.05, 0) is 55.2 Å². The van der Waals surface area contributed by atoms with Crippen molar-refractivity contribution in [3.05, 3.63) is 131 Å². The summed E-state index contributed by atoms with van der Waals surface area (Å²) in [5.74, 6) is 0.784. The summed E-state index contributed by atoms with van der Waals surface area (Å²) in [5, 5.41) is 12.4. The van der Waals surface area contributed by atoms with Gasteiger partial charge in [0.05, 0.1) is 6.10 Å². The number of rotatable bonds is 9. The maximum Gasteiger partial charge on any atom is 0.120 e. The third-order valence-corrected chi connectivity index (χ3v) is 6.25. The summed E-state index contributed by atoms with van der Waals surface area (Å²) >= 11 is 0. The van der Waals surface area contributed by atoms with Crippen molar-refractivity contribution in [2.24, 2.45) is 0 Å². The smallest absolute Gasteiger partial charge is 0.120 e. The minimum absolute atomic E-state index is 0.120. The van der Waals surface area contributed by atoms with Crippen LogP contribution in [0.4, 0.5) is 5.69 Å². The Labute approximate surface area is 216 Å². The van der Waals surface area contributed by atoms with Crippen molar-refractivity contribution >= 4 is 11.4 Å². The summed E-state index contributed by atoms with van der Waals surface area (Å²) in [6.45, 7) is 9.99. The lowest BCUT2D eigenvalue weighted by Gasteiger charge is -2.38. The van der Waals surface area contributed by atoms with Crippen molar-refractivity contribution in [1.82, 2.24) is 0 Å². The van der Waals surface area contributed by atoms with Crippen molar-refractivity contribution in [3.63, 3.8) is 0 Å². The average Bonchev–Trinajstić information content (AvgIpc) is 2.94. The summed E-state index contributed by atoms with van der Waals surface area (Å²) in [7, 11) is 0. The van der Waals surface area contributed by atoms with E-state index in [0.717, 1.165) is 40.1 Å². The molecule has 0 saturated heterocycles. The van der Waals surface area contributed by atoms with E-state index in [2.05, 4.69) is 92.0 Å². The van der Waals surface area contributed by atoms with E-state index < -0.39 is 5.54 Å². The highest BCUT2D eigenvalue weighted by atomic mass is 16.5. The minimum atomic E-state index is -0.646. The van der Waals surface area contributed by atoms with Gasteiger partial charge in [-0.25, -0.2) is 0 Å². The first-order valence-electron chi connectivity index (χ1n) is 12.9. The van der Waals surface area contributed by atoms with E-state index >= 15 is 0 Å². The maximum absolute atomic E-state index is 8.53. The molecule has 0 fully saturated rings. The van der Waals surface area contributed by atoms with Crippen molar-refractivity contribution in [2.45, 2.75) is 52.7 Å². The standard InChI is InChI=1S/C31H32N2O.C2H6/c1-4-23(2)34-28-20-21-30(29(22-28)24(3)32)33-31(25-14-8-5-9-15-25,26-16-10-6-11-17-26)27-18-12-7-13-19-27;1-2/h5-23,32-33H,4H2,1-3H3;1-2H3. The molecule has 0 bridgehead atoms. The average molecular weight is 479 g/mol. The molecule has 1 atom stereocenters. The number of nitrogens with one attached hydrogen (secondary N) is 2. The Bertz CT molecular complexity index is 1120. The van der Waals surface area contributed by atoms with Gasteiger partial charge in [-0.1, -0.05) is 112 Å². The van der Waals surface area contributed by atoms with Gasteiger partial charge in [0.1, 0.15) is 11.3 Å². The molecule has 1 unspecified atom stereocenters. The molecule has 0 aliphatic rings. The highest BCUT2D eigenvalue weighted by Gasteiger charge is 2.37. The SMILES string of the molecule is CC.CCC(C)Oc1ccc(NC(c2ccccc2)(c2ccccc2)c2ccccc2)c(C(C)=N)c1. The molecule has 4 aromatic rings. The topological polar surface area (TPSA) is 45.1 Å². The Balaban J connectivity index is 0.00000176. The molecule has 0 aliphatic carbocycles. The van der Waals surface area contributed by atoms with Gasteiger partial charge in [-0.15, -0.1) is 0 Å². The molecule has 0 spiro atoms. The Kier molecular flexibility index (Phi) is 9.46. The van der Waals surface area contributed by atoms with Crippen LogP contribution in [0.1, 0.15) is 63.3 Å². The van der Waals surface area contributed by atoms with E-state index in [1.807, 2.05) is 57.2 Å². The van der Waals surface area contributed by atoms with Crippen molar-refractivity contribution in [2.75, 3.05) is 5.32 Å². The number of benzene rings is 4. The second kappa shape index (κ2) is 12.7. The van der Waals surface area contributed by atoms with Gasteiger partial charge in [0.15, 0.2) is 0 Å². The molecule has 0 heterocycles. The van der Waals surface area contributed by atoms with Crippen LogP contribution in [0.3, 0.4) is 0 Å². The molecule has 36 heavy (non-hydrogen) atoms. The number of anilines is 1. The van der Waals surface area contributed by atoms with Crippen LogP contribution in [0, 0.1) is 5.41 Å². The Hall–Kier alpha value is -3.85. The van der Waals surface area contributed by atoms with E-state index in [1.165, 1.54) is 0 Å². The van der Waals surface area contributed by atoms with Crippen LogP contribution >= 0.6 is 0 Å². The van der Waals surface area contributed by atoms with Crippen LogP contribution in [-0.4, -0.2) is 11.8 Å². The Morgan fingerprint density at radius 2 is 1.22 bits per heavy atom. The lowest BCUT2D eigenvalue weighted by atomic mass is 9.76. The van der Waals surface area contributed by atoms with Crippen LogP contribution in [0.15, 0.2) is 109 Å². The largest absolute Gasteiger partial charge is 0.491 e. The predicted octanol–water partition coefficient (Wildman–Crippen LogP) is 8.68. The summed E-state index contributed by atoms with van der Waals surface area (Å²) in [6, 6.07) is 37.5. The van der Waals surface area contributed by atoms with Gasteiger partial charge in [0.25, 0.3) is 0 Å². The van der Waals surface area contributed by atoms with Crippen LogP contribution in [0.2, 0.25) is 0 Å². The molecule has 0 aliphatic heterocycles. The first-order valence-corrected chi connectivity index (χ1v) is 12.9. The summed E-state index contributed by atoms with van der Waals surface area (Å²) in [5.41, 5.74) is 4.93. The molecule has 0 amide bonds. The van der Waals surface area contributed by atoms with E-state index in [1.54, 1.807) is 0 Å². The van der Waals surface area contributed by atoms with Gasteiger partial charge >= 0.3 is 0 Å². The molecular weight excluding hydrogens is 440 g/mol. The molecule has 3 heteroatoms. The molecule has 4 rings (SSSR count). The van der Waals surface area contributed by atoms with E-state index in [-0.39, 0.29) is 6.10 Å². The van der Waals surface area contributed by atoms with Gasteiger partial charge in [-0.3, -0.25) is 0 Å². The van der Waals surface area contributed by atoms with Crippen LogP contribution in [-0.2, 0) is 5.54 Å². The highest BCUT2D eigenvalue weighted by Crippen LogP contribution is 2.41. The molecule has 0 aromatic heterocycles. The van der Waals surface area contributed by atoms with Crippen LogP contribution < -0.4 is 10.1 Å². The van der Waals surface area contributed by atoms with E-state index in [4.69, 9.17) is 10.1 Å². The number of hydrogen-bond acceptors (Lipinski definition) is 3. The third kappa shape index (κ3) is 5.85. The van der Waals surface area contributed by atoms with Crippen molar-refractivity contribution in [1.29, 1.82) is 5.41 Å². The highest BCUT2D eigenvalue weighted by molar-refractivity contribution is 6.02. The normalized spacial score (nSPS) is 11.6. The predicted molar refractivity (Wildman–Crippen MR) is 154 cm³/mol. The monoisotopic (exact) mass is 478 g/mol. The second-order valence-corrected chi connectivity index (χ2v) is 8.64. The zero-order valence-corrected chi connectivity index (χ0v) is 22.1. The lowest BCUT2D eigenvalue weighted by Crippen LogP contribution is -2.38. The van der Waals surface area contributed by atoms with Crippen LogP contribution in [0.25, 0.3) is 0 Å². The number of ether oxygens (including phenoxy) is 1. The summed E-state index contributed by atoms with van der Waals surface area (Å²) in [4.78, 5) is 0. The quantitative estimate of drug-likeness (QED) is 0.187. The van der Waals surface area contributed by atoms with Gasteiger partial charge in [-0.2, -0.15) is 0 Å². The maximum atomic E-state index is 8.53. The first-order chi connectivity index (χ1) is 17.5. The van der Waals surface area contributed by atoms with Crippen molar-refractivity contribution in [3.8, 4) is 5.75 Å². The fraction of sp³-hybridized carbons (Fsp3) is 0.242. The minimum Gasteiger partial charge on any atom is -0.491 e. The van der Waals surface area contributed by atoms with Gasteiger partial charge in [0, 0.05) is 17.0 Å². The molecule has 0 saturated carbocycles. The van der Waals surface area contributed by atoms with E-state index in [9.17, 15) is 0 Å². The van der Waals surface area contributed by atoms with E-state index in [0.29, 0.717) is 5.71 Å². The molecule has 186 valence electrons. The van der Waals surface area contributed by atoms with Crippen LogP contribution in [0.5, 0.6) is 5.75 Å². The summed E-state index contributed by atoms with van der Waals surface area (Å²) < 4.78 is 6.07. The van der Waals surface area contributed by atoms with Gasteiger partial charge < -0.3 is 15.5 Å². The second-order valence-electron chi connectivity index (χ2n) is 8.64. The van der Waals surface area contributed by atoms with Gasteiger partial charge in [0.2, 0.25) is 0 Å².